The number of nitro benzene ring substituents is 3. The zero-order valence-corrected chi connectivity index (χ0v) is 34.6. The van der Waals surface area contributed by atoms with Crippen LogP contribution in [0, 0.1) is 41.7 Å². The van der Waals surface area contributed by atoms with Gasteiger partial charge in [-0.25, -0.2) is 5.26 Å². The first kappa shape index (κ1) is 62.2. The lowest BCUT2D eigenvalue weighted by Gasteiger charge is -2.03. The van der Waals surface area contributed by atoms with Crippen molar-refractivity contribution in [2.75, 3.05) is 0 Å². The molecule has 0 aliphatic heterocycles. The van der Waals surface area contributed by atoms with Crippen LogP contribution < -0.4 is 11.4 Å². The van der Waals surface area contributed by atoms with E-state index in [0.29, 0.717) is 15.1 Å². The van der Waals surface area contributed by atoms with Crippen LogP contribution in [0.25, 0.3) is 0 Å². The highest BCUT2D eigenvalue weighted by Gasteiger charge is 2.19. The third kappa shape index (κ3) is 20.3. The van der Waals surface area contributed by atoms with Gasteiger partial charge < -0.3 is 5.73 Å². The maximum atomic E-state index is 10.5. The third-order valence-corrected chi connectivity index (χ3v) is 9.27. The molecule has 5 N–H and O–H groups in total. The summed E-state index contributed by atoms with van der Waals surface area (Å²) in [5.41, 5.74) is 5.67. The second-order valence-corrected chi connectivity index (χ2v) is 12.0. The zero-order chi connectivity index (χ0) is 39.6. The normalized spacial score (nSPS) is 8.87. The van der Waals surface area contributed by atoms with Gasteiger partial charge in [0.2, 0.25) is 0 Å². The van der Waals surface area contributed by atoms with Gasteiger partial charge in [0.1, 0.15) is 16.7 Å². The lowest BCUT2D eigenvalue weighted by molar-refractivity contribution is -0.385. The average molecular weight is 1090 g/mol. The predicted molar refractivity (Wildman–Crippen MR) is 235 cm³/mol. The Morgan fingerprint density at radius 1 is 0.636 bits per heavy atom. The van der Waals surface area contributed by atoms with E-state index in [1.54, 1.807) is 24.3 Å². The Kier molecular flexibility index (Phi) is 36.2. The summed E-state index contributed by atoms with van der Waals surface area (Å²) in [4.78, 5) is 32.2. The van der Waals surface area contributed by atoms with Crippen molar-refractivity contribution in [2.45, 2.75) is 28.8 Å². The van der Waals surface area contributed by atoms with Crippen molar-refractivity contribution in [1.82, 2.24) is 5.64 Å². The highest BCUT2D eigenvalue weighted by Crippen LogP contribution is 2.37. The van der Waals surface area contributed by atoms with Crippen molar-refractivity contribution >= 4 is 157 Å². The van der Waals surface area contributed by atoms with Gasteiger partial charge in [0.25, 0.3) is 17.1 Å². The van der Waals surface area contributed by atoms with Crippen molar-refractivity contribution in [1.29, 1.82) is 5.26 Å². The maximum Gasteiger partial charge on any atom is 0.289 e. The van der Waals surface area contributed by atoms with Crippen LogP contribution in [0.5, 0.6) is 0 Å². The summed E-state index contributed by atoms with van der Waals surface area (Å²) >= 11 is 56.0. The van der Waals surface area contributed by atoms with E-state index in [-0.39, 0.29) is 118 Å². The quantitative estimate of drug-likeness (QED) is 0.0480. The number of nitrogens with zero attached hydrogens (tertiary/aromatic N) is 4. The number of halogens is 11. The van der Waals surface area contributed by atoms with Gasteiger partial charge in [-0.1, -0.05) is 144 Å². The Balaban J connectivity index is -0.000000141. The molecule has 0 saturated carbocycles. The van der Waals surface area contributed by atoms with E-state index in [1.807, 2.05) is 0 Å². The first-order chi connectivity index (χ1) is 23.8. The molecule has 4 aromatic carbocycles. The molecule has 0 unspecified atom stereocenters. The molecule has 308 valence electrons. The van der Waals surface area contributed by atoms with Crippen molar-refractivity contribution in [2.24, 2.45) is 5.73 Å². The van der Waals surface area contributed by atoms with Crippen LogP contribution in [-0.4, -0.2) is 25.2 Å². The minimum absolute atomic E-state index is 0. The fourth-order valence-electron chi connectivity index (χ4n) is 2.88. The van der Waals surface area contributed by atoms with Crippen LogP contribution in [0.15, 0.2) is 54.6 Å². The second kappa shape index (κ2) is 32.0. The van der Waals surface area contributed by atoms with Gasteiger partial charge in [-0.3, -0.25) is 35.6 Å². The molecule has 0 fully saturated rings. The van der Waals surface area contributed by atoms with E-state index in [2.05, 4.69) is 4.99 Å². The van der Waals surface area contributed by atoms with E-state index in [1.165, 1.54) is 30.3 Å². The lowest BCUT2D eigenvalue weighted by Crippen LogP contribution is -2.02. The Morgan fingerprint density at radius 2 is 0.982 bits per heavy atom. The van der Waals surface area contributed by atoms with Crippen molar-refractivity contribution in [3.8, 4) is 6.07 Å². The number of hydrogen-bond donors (Lipinski definition) is 4. The van der Waals surface area contributed by atoms with Crippen LogP contribution >= 0.6 is 140 Å². The molecule has 4 rings (SSSR count). The number of nitro groups is 3. The summed E-state index contributed by atoms with van der Waals surface area (Å²) in [6.07, 6.45) is 0. The first-order valence-electron chi connectivity index (χ1n) is 12.2. The number of hydrogen-bond acceptors (Lipinski definition) is 12. The number of benzene rings is 4. The smallest absolute Gasteiger partial charge is 0.289 e. The van der Waals surface area contributed by atoms with Crippen molar-refractivity contribution in [3.05, 3.63) is 146 Å². The Morgan fingerprint density at radius 3 is 1.33 bits per heavy atom. The Hall–Kier alpha value is -2.00. The van der Waals surface area contributed by atoms with Crippen LogP contribution in [-0.2, 0) is 11.5 Å². The highest BCUT2D eigenvalue weighted by molar-refractivity contribution is 14.0. The van der Waals surface area contributed by atoms with Crippen molar-refractivity contribution in [3.63, 3.8) is 0 Å². The summed E-state index contributed by atoms with van der Waals surface area (Å²) in [6.45, 7) is -0.00426. The SMILES string of the molecule is C.C.C.Clc1cccc(Cl)c1Cl.I.N#Cc1c([N+](=O)[O-])ccc(Cl)c1Cl.NCc1c([N+](=O)[O-])ccc(Cl)c1Cl.O=[N+]([O-])c1ccc(Cl)c(Cl)c1Cl.ONOO.[HH]. The molecule has 0 radical (unpaired) electrons. The number of nitrogens with two attached hydrogens (primary N) is 1. The van der Waals surface area contributed by atoms with Gasteiger partial charge >= 0.3 is 0 Å². The number of nitrogens with one attached hydrogen (secondary N) is 1. The molecule has 0 aliphatic rings. The van der Waals surface area contributed by atoms with E-state index in [9.17, 15) is 30.3 Å². The molecule has 0 atom stereocenters. The summed E-state index contributed by atoms with van der Waals surface area (Å²) in [5, 5.41) is 55.9. The Bertz CT molecular complexity index is 1900. The molecular formula is C29H31Cl10IN6O9. The minimum Gasteiger partial charge on any atom is -0.326 e. The summed E-state index contributed by atoms with van der Waals surface area (Å²) < 4.78 is 0. The molecule has 26 heteroatoms. The van der Waals surface area contributed by atoms with E-state index < -0.39 is 14.8 Å². The molecule has 0 bridgehead atoms. The molecule has 0 aliphatic carbocycles. The topological polar surface area (TPSA) is 241 Å². The van der Waals surface area contributed by atoms with Crippen LogP contribution in [0.2, 0.25) is 50.2 Å². The largest absolute Gasteiger partial charge is 0.326 e. The van der Waals surface area contributed by atoms with Crippen LogP contribution in [0.1, 0.15) is 34.8 Å². The van der Waals surface area contributed by atoms with E-state index in [4.69, 9.17) is 137 Å². The maximum absolute atomic E-state index is 10.5. The molecule has 4 aromatic rings. The molecule has 0 heterocycles. The fourth-order valence-corrected chi connectivity index (χ4v) is 4.78. The van der Waals surface area contributed by atoms with Gasteiger partial charge in [-0.05, 0) is 36.0 Å². The summed E-state index contributed by atoms with van der Waals surface area (Å²) in [6, 6.07) is 14.4. The fraction of sp³-hybridized carbons (Fsp3) is 0.138. The third-order valence-electron chi connectivity index (χ3n) is 5.11. The summed E-state index contributed by atoms with van der Waals surface area (Å²) in [7, 11) is 0. The van der Waals surface area contributed by atoms with Gasteiger partial charge in [-0.15, -0.1) is 29.0 Å². The molecule has 0 aromatic heterocycles. The van der Waals surface area contributed by atoms with E-state index >= 15 is 0 Å². The monoisotopic (exact) mass is 1080 g/mol. The number of rotatable bonds is 5. The predicted octanol–water partition coefficient (Wildman–Crippen LogP) is 14.5. The first-order valence-corrected chi connectivity index (χ1v) is 16.0. The number of nitriles is 1. The average Bonchev–Trinajstić information content (AvgIpc) is 3.08. The van der Waals surface area contributed by atoms with Gasteiger partial charge in [0, 0.05) is 26.2 Å². The molecule has 15 nitrogen and oxygen atoms in total. The summed E-state index contributed by atoms with van der Waals surface area (Å²) in [5.74, 6) is 0. The van der Waals surface area contributed by atoms with Gasteiger partial charge in [0.15, 0.2) is 0 Å². The molecule has 55 heavy (non-hydrogen) atoms. The van der Waals surface area contributed by atoms with E-state index in [0.717, 1.165) is 11.7 Å². The standard InChI is InChI=1S/C7H6Cl2N2O2.C7H2Cl2N2O2.C6H2Cl3NO2.C6H3Cl3.3CH4.HI.H3NO3.H2/c2*8-5-1-2-6(11(12)13)4(3-10)7(5)9;7-3-1-2-4(10(11)12)6(9)5(3)8;7-4-2-1-3-5(8)6(4)9;;;;;2-1-4-3;/h1-2H,3,10H2;1-2H;1-2H;1-3H;3*1H4;1H;1-3H;1H. The minimum atomic E-state index is -0.680. The molecular weight excluding hydrogens is 1060 g/mol. The van der Waals surface area contributed by atoms with Crippen molar-refractivity contribution < 1.29 is 31.6 Å². The Labute approximate surface area is 383 Å². The highest BCUT2D eigenvalue weighted by atomic mass is 127. The van der Waals surface area contributed by atoms with Gasteiger partial charge in [-0.2, -0.15) is 5.26 Å². The molecule has 0 spiro atoms. The molecule has 0 amide bonds. The zero-order valence-electron chi connectivity index (χ0n) is 24.7. The van der Waals surface area contributed by atoms with Crippen LogP contribution in [0.4, 0.5) is 17.1 Å². The molecule has 0 saturated heterocycles. The van der Waals surface area contributed by atoms with Gasteiger partial charge in [0.05, 0.1) is 65.5 Å². The second-order valence-electron chi connectivity index (χ2n) is 8.11. The van der Waals surface area contributed by atoms with Crippen LogP contribution in [0.3, 0.4) is 0 Å². The lowest BCUT2D eigenvalue weighted by atomic mass is 10.2.